The molecule has 1 aliphatic rings. The van der Waals surface area contributed by atoms with Crippen LogP contribution >= 0.6 is 22.7 Å². The number of thiazole rings is 1. The van der Waals surface area contributed by atoms with Crippen LogP contribution in [-0.2, 0) is 13.6 Å². The summed E-state index contributed by atoms with van der Waals surface area (Å²) >= 11 is 2.96. The van der Waals surface area contributed by atoms with E-state index in [9.17, 15) is 9.59 Å². The molecule has 0 bridgehead atoms. The predicted octanol–water partition coefficient (Wildman–Crippen LogP) is 1.97. The molecule has 0 N–H and O–H groups in total. The number of hydrogen-bond acceptors (Lipinski definition) is 7. The van der Waals surface area contributed by atoms with Crippen LogP contribution in [0.3, 0.4) is 0 Å². The molecule has 1 fully saturated rings. The van der Waals surface area contributed by atoms with E-state index >= 15 is 0 Å². The maximum Gasteiger partial charge on any atom is 0.264 e. The Labute approximate surface area is 174 Å². The topological polar surface area (TPSA) is 75.7 Å². The van der Waals surface area contributed by atoms with Crippen LogP contribution in [0.15, 0.2) is 28.5 Å². The lowest BCUT2D eigenvalue weighted by Crippen LogP contribution is -2.48. The molecule has 1 amide bonds. The first kappa shape index (κ1) is 18.5. The molecule has 0 atom stereocenters. The van der Waals surface area contributed by atoms with Gasteiger partial charge in [-0.05, 0) is 13.0 Å². The van der Waals surface area contributed by atoms with Crippen LogP contribution in [0.5, 0.6) is 0 Å². The van der Waals surface area contributed by atoms with Gasteiger partial charge in [0.1, 0.15) is 4.83 Å². The van der Waals surface area contributed by atoms with Crippen LogP contribution in [0, 0.1) is 6.92 Å². The molecule has 150 valence electrons. The summed E-state index contributed by atoms with van der Waals surface area (Å²) in [5.41, 5.74) is 1.69. The molecule has 0 aromatic carbocycles. The number of rotatable bonds is 3. The van der Waals surface area contributed by atoms with Crippen molar-refractivity contribution in [2.75, 3.05) is 26.2 Å². The lowest BCUT2D eigenvalue weighted by molar-refractivity contribution is 0.0632. The van der Waals surface area contributed by atoms with Gasteiger partial charge in [-0.2, -0.15) is 5.10 Å². The molecule has 4 aromatic heterocycles. The molecule has 5 rings (SSSR count). The Morgan fingerprint density at radius 1 is 1.21 bits per heavy atom. The van der Waals surface area contributed by atoms with Crippen molar-refractivity contribution in [1.29, 1.82) is 0 Å². The number of aryl methyl sites for hydroxylation is 2. The molecule has 1 aliphatic heterocycles. The maximum absolute atomic E-state index is 12.9. The minimum Gasteiger partial charge on any atom is -0.335 e. The van der Waals surface area contributed by atoms with Crippen LogP contribution < -0.4 is 5.56 Å². The molecule has 10 heteroatoms. The molecule has 0 spiro atoms. The van der Waals surface area contributed by atoms with Gasteiger partial charge in [-0.1, -0.05) is 0 Å². The van der Waals surface area contributed by atoms with Crippen molar-refractivity contribution < 1.29 is 4.79 Å². The highest BCUT2D eigenvalue weighted by atomic mass is 32.1. The van der Waals surface area contributed by atoms with Gasteiger partial charge in [0.05, 0.1) is 16.3 Å². The average molecular weight is 429 g/mol. The van der Waals surface area contributed by atoms with Gasteiger partial charge < -0.3 is 4.90 Å². The van der Waals surface area contributed by atoms with Gasteiger partial charge in [0, 0.05) is 62.8 Å². The first-order valence-corrected chi connectivity index (χ1v) is 11.1. The number of amides is 1. The van der Waals surface area contributed by atoms with Crippen molar-refractivity contribution >= 4 is 43.8 Å². The molecular weight excluding hydrogens is 408 g/mol. The number of piperazine rings is 1. The fourth-order valence-electron chi connectivity index (χ4n) is 3.77. The van der Waals surface area contributed by atoms with Crippen LogP contribution in [0.2, 0.25) is 0 Å². The summed E-state index contributed by atoms with van der Waals surface area (Å²) in [4.78, 5) is 36.4. The zero-order valence-corrected chi connectivity index (χ0v) is 17.8. The first-order valence-electron chi connectivity index (χ1n) is 9.40. The highest BCUT2D eigenvalue weighted by Gasteiger charge is 2.25. The maximum atomic E-state index is 12.9. The van der Waals surface area contributed by atoms with Crippen molar-refractivity contribution in [1.82, 2.24) is 29.0 Å². The third kappa shape index (κ3) is 3.26. The third-order valence-electron chi connectivity index (χ3n) is 5.31. The second-order valence-electron chi connectivity index (χ2n) is 7.25. The van der Waals surface area contributed by atoms with Crippen molar-refractivity contribution in [3.8, 4) is 0 Å². The standard InChI is InChI=1S/C19H20N6O2S2/c1-12-14-10-15(29-18(14)22(2)21-12)17(27)24-5-3-23(4-6-24)11-13-9-16(26)25-7-8-28-19(25)20-13/h7-10H,3-6,11H2,1-2H3. The fourth-order valence-corrected chi connectivity index (χ4v) is 5.60. The third-order valence-corrected chi connectivity index (χ3v) is 7.25. The number of aromatic nitrogens is 4. The van der Waals surface area contributed by atoms with Crippen molar-refractivity contribution in [2.24, 2.45) is 7.05 Å². The van der Waals surface area contributed by atoms with E-state index < -0.39 is 0 Å². The van der Waals surface area contributed by atoms with E-state index in [1.54, 1.807) is 16.7 Å². The second kappa shape index (κ2) is 7.05. The summed E-state index contributed by atoms with van der Waals surface area (Å²) < 4.78 is 3.40. The van der Waals surface area contributed by atoms with Crippen molar-refractivity contribution in [3.63, 3.8) is 0 Å². The summed E-state index contributed by atoms with van der Waals surface area (Å²) in [5, 5.41) is 7.32. The number of carbonyl (C=O) groups excluding carboxylic acids is 1. The number of fused-ring (bicyclic) bond motifs is 2. The van der Waals surface area contributed by atoms with Crippen LogP contribution in [0.4, 0.5) is 0 Å². The Balaban J connectivity index is 1.26. The number of carbonyl (C=O) groups is 1. The average Bonchev–Trinajstić information content (AvgIpc) is 3.40. The van der Waals surface area contributed by atoms with E-state index in [0.717, 1.165) is 44.5 Å². The largest absolute Gasteiger partial charge is 0.335 e. The number of hydrogen-bond donors (Lipinski definition) is 0. The highest BCUT2D eigenvalue weighted by molar-refractivity contribution is 7.20. The van der Waals surface area contributed by atoms with Gasteiger partial charge in [0.25, 0.3) is 11.5 Å². The summed E-state index contributed by atoms with van der Waals surface area (Å²) in [5.74, 6) is 0.0848. The fraction of sp³-hybridized carbons (Fsp3) is 0.368. The molecule has 0 aliphatic carbocycles. The zero-order valence-electron chi connectivity index (χ0n) is 16.2. The van der Waals surface area contributed by atoms with Crippen molar-refractivity contribution in [2.45, 2.75) is 13.5 Å². The SMILES string of the molecule is Cc1nn(C)c2sc(C(=O)N3CCN(Cc4cc(=O)n5ccsc5n4)CC3)cc12. The minimum absolute atomic E-state index is 0.0467. The Hall–Kier alpha value is -2.56. The molecule has 0 unspecified atom stereocenters. The van der Waals surface area contributed by atoms with Gasteiger partial charge >= 0.3 is 0 Å². The summed E-state index contributed by atoms with van der Waals surface area (Å²) in [6.45, 7) is 5.47. The Kier molecular flexibility index (Phi) is 4.49. The molecular formula is C19H20N6O2S2. The number of thiophene rings is 1. The van der Waals surface area contributed by atoms with E-state index in [0.29, 0.717) is 19.6 Å². The van der Waals surface area contributed by atoms with Gasteiger partial charge in [-0.25, -0.2) is 4.98 Å². The molecule has 4 aromatic rings. The normalized spacial score (nSPS) is 15.6. The van der Waals surface area contributed by atoms with E-state index in [1.165, 1.54) is 22.7 Å². The monoisotopic (exact) mass is 428 g/mol. The first-order chi connectivity index (χ1) is 14.0. The molecule has 1 saturated heterocycles. The van der Waals surface area contributed by atoms with Crippen LogP contribution in [-0.4, -0.2) is 61.1 Å². The zero-order chi connectivity index (χ0) is 20.1. The van der Waals surface area contributed by atoms with E-state index in [-0.39, 0.29) is 11.5 Å². The van der Waals surface area contributed by atoms with E-state index in [4.69, 9.17) is 0 Å². The Morgan fingerprint density at radius 3 is 2.76 bits per heavy atom. The van der Waals surface area contributed by atoms with Crippen LogP contribution in [0.1, 0.15) is 21.1 Å². The Bertz CT molecular complexity index is 1240. The van der Waals surface area contributed by atoms with Gasteiger partial charge in [-0.15, -0.1) is 22.7 Å². The molecule has 0 radical (unpaired) electrons. The summed E-state index contributed by atoms with van der Waals surface area (Å²) in [6, 6.07) is 3.56. The predicted molar refractivity (Wildman–Crippen MR) is 114 cm³/mol. The Morgan fingerprint density at radius 2 is 2.00 bits per heavy atom. The quantitative estimate of drug-likeness (QED) is 0.499. The minimum atomic E-state index is -0.0467. The van der Waals surface area contributed by atoms with Crippen molar-refractivity contribution in [3.05, 3.63) is 50.3 Å². The van der Waals surface area contributed by atoms with Gasteiger partial charge in [-0.3, -0.25) is 23.6 Å². The molecule has 8 nitrogen and oxygen atoms in total. The van der Waals surface area contributed by atoms with Crippen LogP contribution in [0.25, 0.3) is 15.2 Å². The molecule has 0 saturated carbocycles. The lowest BCUT2D eigenvalue weighted by atomic mass is 10.2. The van der Waals surface area contributed by atoms with Gasteiger partial charge in [0.2, 0.25) is 0 Å². The van der Waals surface area contributed by atoms with Gasteiger partial charge in [0.15, 0.2) is 4.96 Å². The number of nitrogens with zero attached hydrogens (tertiary/aromatic N) is 6. The second-order valence-corrected chi connectivity index (χ2v) is 9.15. The summed E-state index contributed by atoms with van der Waals surface area (Å²) in [6.07, 6.45) is 1.75. The lowest BCUT2D eigenvalue weighted by Gasteiger charge is -2.34. The smallest absolute Gasteiger partial charge is 0.264 e. The summed E-state index contributed by atoms with van der Waals surface area (Å²) in [7, 11) is 1.91. The van der Waals surface area contributed by atoms with E-state index in [1.807, 2.05) is 35.0 Å². The van der Waals surface area contributed by atoms with E-state index in [2.05, 4.69) is 15.0 Å². The molecule has 29 heavy (non-hydrogen) atoms. The molecule has 5 heterocycles. The highest BCUT2D eigenvalue weighted by Crippen LogP contribution is 2.28.